The monoisotopic (exact) mass is 453 g/mol. The fourth-order valence-electron chi connectivity index (χ4n) is 2.56. The van der Waals surface area contributed by atoms with Crippen LogP contribution >= 0.6 is 11.3 Å². The van der Waals surface area contributed by atoms with Crippen molar-refractivity contribution in [1.29, 1.82) is 0 Å². The Balaban J connectivity index is 1.80. The van der Waals surface area contributed by atoms with Gasteiger partial charge in [0.25, 0.3) is 0 Å². The first-order valence-corrected chi connectivity index (χ1v) is 10.7. The second kappa shape index (κ2) is 10.4. The fraction of sp³-hybridized carbons (Fsp3) is 0.182. The van der Waals surface area contributed by atoms with Gasteiger partial charge in [0, 0.05) is 16.8 Å². The molecule has 0 bridgehead atoms. The standard InChI is InChI=1S/C22H23N5O4S/c1-4-31-19(28)18-13-32-22(25-18)27(21(30)24-17-11-7-15(3)8-12-17)26-20(29)23-16-9-5-14(2)6-10-16/h5-13H,4H2,1-3H3,(H,24,30)(H2,23,26,29). The molecule has 2 aromatic carbocycles. The summed E-state index contributed by atoms with van der Waals surface area (Å²) in [6.07, 6.45) is 0. The number of anilines is 3. The number of nitrogens with one attached hydrogen (secondary N) is 3. The summed E-state index contributed by atoms with van der Waals surface area (Å²) in [6.45, 7) is 5.75. The van der Waals surface area contributed by atoms with Crippen LogP contribution in [0.25, 0.3) is 0 Å². The average molecular weight is 454 g/mol. The maximum atomic E-state index is 13.0. The third-order valence-electron chi connectivity index (χ3n) is 4.20. The first kappa shape index (κ1) is 22.8. The summed E-state index contributed by atoms with van der Waals surface area (Å²) in [5, 5.41) is 7.85. The Hall–Kier alpha value is -3.92. The number of aromatic nitrogens is 1. The lowest BCUT2D eigenvalue weighted by atomic mass is 10.2. The van der Waals surface area contributed by atoms with Crippen LogP contribution < -0.4 is 21.1 Å². The summed E-state index contributed by atoms with van der Waals surface area (Å²) in [5.74, 6) is -0.613. The van der Waals surface area contributed by atoms with Crippen LogP contribution in [0.2, 0.25) is 0 Å². The molecule has 3 aromatic rings. The first-order chi connectivity index (χ1) is 15.4. The van der Waals surface area contributed by atoms with E-state index in [1.54, 1.807) is 31.2 Å². The molecule has 166 valence electrons. The van der Waals surface area contributed by atoms with Crippen molar-refractivity contribution < 1.29 is 19.1 Å². The van der Waals surface area contributed by atoms with Crippen molar-refractivity contribution in [2.45, 2.75) is 20.8 Å². The number of urea groups is 2. The largest absolute Gasteiger partial charge is 0.461 e. The van der Waals surface area contributed by atoms with Crippen molar-refractivity contribution in [3.05, 3.63) is 70.7 Å². The lowest BCUT2D eigenvalue weighted by Gasteiger charge is -2.21. The van der Waals surface area contributed by atoms with E-state index in [0.717, 1.165) is 27.5 Å². The van der Waals surface area contributed by atoms with Gasteiger partial charge in [-0.25, -0.2) is 24.8 Å². The minimum absolute atomic E-state index is 0.0423. The molecular weight excluding hydrogens is 430 g/mol. The molecule has 0 spiro atoms. The number of nitrogens with zero attached hydrogens (tertiary/aromatic N) is 2. The summed E-state index contributed by atoms with van der Waals surface area (Å²) in [6, 6.07) is 13.1. The SMILES string of the molecule is CCOC(=O)c1csc(N(NC(=O)Nc2ccc(C)cc2)C(=O)Nc2ccc(C)cc2)n1. The Morgan fingerprint density at radius 3 is 2.06 bits per heavy atom. The highest BCUT2D eigenvalue weighted by molar-refractivity contribution is 7.14. The van der Waals surface area contributed by atoms with Crippen molar-refractivity contribution in [3.63, 3.8) is 0 Å². The summed E-state index contributed by atoms with van der Waals surface area (Å²) >= 11 is 1.01. The van der Waals surface area contributed by atoms with E-state index < -0.39 is 18.0 Å². The van der Waals surface area contributed by atoms with E-state index in [-0.39, 0.29) is 17.4 Å². The average Bonchev–Trinajstić information content (AvgIpc) is 3.25. The number of rotatable bonds is 5. The summed E-state index contributed by atoms with van der Waals surface area (Å²) in [7, 11) is 0. The van der Waals surface area contributed by atoms with Crippen molar-refractivity contribution in [2.75, 3.05) is 22.2 Å². The Bertz CT molecular complexity index is 1100. The summed E-state index contributed by atoms with van der Waals surface area (Å²) in [5.41, 5.74) is 5.69. The van der Waals surface area contributed by atoms with Gasteiger partial charge in [-0.15, -0.1) is 11.3 Å². The van der Waals surface area contributed by atoms with Crippen LogP contribution in [0, 0.1) is 13.8 Å². The second-order valence-electron chi connectivity index (χ2n) is 6.80. The molecule has 9 nitrogen and oxygen atoms in total. The number of hydrogen-bond donors (Lipinski definition) is 3. The van der Waals surface area contributed by atoms with Crippen molar-refractivity contribution in [3.8, 4) is 0 Å². The maximum absolute atomic E-state index is 13.0. The molecule has 0 saturated heterocycles. The number of ether oxygens (including phenoxy) is 1. The number of esters is 1. The molecule has 0 unspecified atom stereocenters. The lowest BCUT2D eigenvalue weighted by Crippen LogP contribution is -2.50. The first-order valence-electron chi connectivity index (χ1n) is 9.80. The molecule has 4 amide bonds. The number of hydrazine groups is 1. The number of carbonyl (C=O) groups excluding carboxylic acids is 3. The number of hydrogen-bond acceptors (Lipinski definition) is 6. The third-order valence-corrected chi connectivity index (χ3v) is 5.02. The van der Waals surface area contributed by atoms with Gasteiger partial charge in [-0.3, -0.25) is 0 Å². The van der Waals surface area contributed by atoms with Crippen LogP contribution in [0.1, 0.15) is 28.5 Å². The zero-order valence-corrected chi connectivity index (χ0v) is 18.7. The van der Waals surface area contributed by atoms with E-state index >= 15 is 0 Å². The van der Waals surface area contributed by atoms with Gasteiger partial charge in [-0.1, -0.05) is 35.4 Å². The van der Waals surface area contributed by atoms with E-state index in [4.69, 9.17) is 4.74 Å². The Morgan fingerprint density at radius 1 is 0.938 bits per heavy atom. The van der Waals surface area contributed by atoms with E-state index in [2.05, 4.69) is 21.0 Å². The molecule has 0 saturated carbocycles. The van der Waals surface area contributed by atoms with E-state index in [1.807, 2.05) is 38.1 Å². The van der Waals surface area contributed by atoms with Crippen LogP contribution in [0.15, 0.2) is 53.9 Å². The smallest absolute Gasteiger partial charge is 0.357 e. The molecule has 0 atom stereocenters. The molecule has 0 aliphatic carbocycles. The lowest BCUT2D eigenvalue weighted by molar-refractivity contribution is 0.0520. The molecule has 3 N–H and O–H groups in total. The highest BCUT2D eigenvalue weighted by Gasteiger charge is 2.24. The Kier molecular flexibility index (Phi) is 7.40. The minimum atomic E-state index is -0.655. The molecule has 0 aliphatic heterocycles. The Morgan fingerprint density at radius 2 is 1.50 bits per heavy atom. The molecule has 1 aromatic heterocycles. The van der Waals surface area contributed by atoms with Gasteiger partial charge in [-0.05, 0) is 45.0 Å². The van der Waals surface area contributed by atoms with Gasteiger partial charge < -0.3 is 15.4 Å². The zero-order chi connectivity index (χ0) is 23.1. The molecule has 32 heavy (non-hydrogen) atoms. The van der Waals surface area contributed by atoms with Crippen molar-refractivity contribution in [2.24, 2.45) is 0 Å². The molecule has 1 heterocycles. The fourth-order valence-corrected chi connectivity index (χ4v) is 3.32. The van der Waals surface area contributed by atoms with Crippen LogP contribution in [-0.2, 0) is 4.74 Å². The quantitative estimate of drug-likeness (QED) is 0.382. The highest BCUT2D eigenvalue weighted by atomic mass is 32.1. The predicted molar refractivity (Wildman–Crippen MR) is 124 cm³/mol. The van der Waals surface area contributed by atoms with E-state index in [0.29, 0.717) is 11.4 Å². The van der Waals surface area contributed by atoms with Gasteiger partial charge in [0.1, 0.15) is 0 Å². The topological polar surface area (TPSA) is 113 Å². The molecule has 0 fully saturated rings. The zero-order valence-electron chi connectivity index (χ0n) is 17.8. The van der Waals surface area contributed by atoms with Gasteiger partial charge in [0.05, 0.1) is 6.61 Å². The van der Waals surface area contributed by atoms with Gasteiger partial charge in [0.15, 0.2) is 5.69 Å². The molecule has 10 heteroatoms. The van der Waals surface area contributed by atoms with Gasteiger partial charge >= 0.3 is 18.0 Å². The van der Waals surface area contributed by atoms with Crippen LogP contribution in [-0.4, -0.2) is 29.6 Å². The minimum Gasteiger partial charge on any atom is -0.461 e. The number of thiazole rings is 1. The van der Waals surface area contributed by atoms with Gasteiger partial charge in [0.2, 0.25) is 5.13 Å². The summed E-state index contributed by atoms with van der Waals surface area (Å²) < 4.78 is 4.94. The van der Waals surface area contributed by atoms with Crippen LogP contribution in [0.4, 0.5) is 26.1 Å². The van der Waals surface area contributed by atoms with Crippen molar-refractivity contribution >= 4 is 45.9 Å². The number of benzene rings is 2. The van der Waals surface area contributed by atoms with E-state index in [1.165, 1.54) is 5.38 Å². The van der Waals surface area contributed by atoms with Gasteiger partial charge in [-0.2, -0.15) is 5.01 Å². The number of aryl methyl sites for hydroxylation is 2. The predicted octanol–water partition coefficient (Wildman–Crippen LogP) is 4.71. The molecular formula is C22H23N5O4S. The van der Waals surface area contributed by atoms with E-state index in [9.17, 15) is 14.4 Å². The molecule has 0 radical (unpaired) electrons. The number of carbonyl (C=O) groups is 3. The highest BCUT2D eigenvalue weighted by Crippen LogP contribution is 2.21. The van der Waals surface area contributed by atoms with Crippen molar-refractivity contribution in [1.82, 2.24) is 10.4 Å². The maximum Gasteiger partial charge on any atom is 0.357 e. The molecule has 3 rings (SSSR count). The molecule has 0 aliphatic rings. The second-order valence-corrected chi connectivity index (χ2v) is 7.64. The normalized spacial score (nSPS) is 10.2. The third kappa shape index (κ3) is 6.05. The van der Waals surface area contributed by atoms with Crippen LogP contribution in [0.3, 0.4) is 0 Å². The Labute approximate surface area is 189 Å². The summed E-state index contributed by atoms with van der Waals surface area (Å²) in [4.78, 5) is 41.6. The number of amides is 4. The van der Waals surface area contributed by atoms with Crippen LogP contribution in [0.5, 0.6) is 0 Å².